The van der Waals surface area contributed by atoms with Crippen molar-refractivity contribution in [2.45, 2.75) is 57.5 Å². The average molecular weight is 588 g/mol. The van der Waals surface area contributed by atoms with Crippen molar-refractivity contribution in [2.75, 3.05) is 17.4 Å². The highest BCUT2D eigenvalue weighted by Gasteiger charge is 2.34. The maximum atomic E-state index is 14.0. The number of aryl methyl sites for hydroxylation is 1. The fourth-order valence-corrected chi connectivity index (χ4v) is 5.94. The molecule has 3 aromatic rings. The number of carbonyl (C=O) groups is 2. The molecule has 0 heterocycles. The number of para-hydroxylation sites is 1. The smallest absolute Gasteiger partial charge is 0.264 e. The van der Waals surface area contributed by atoms with E-state index < -0.39 is 34.3 Å². The van der Waals surface area contributed by atoms with Crippen molar-refractivity contribution in [2.24, 2.45) is 0 Å². The van der Waals surface area contributed by atoms with Crippen LogP contribution in [0.3, 0.4) is 0 Å². The van der Waals surface area contributed by atoms with Gasteiger partial charge in [-0.3, -0.25) is 13.9 Å². The minimum absolute atomic E-state index is 0.000236. The van der Waals surface area contributed by atoms with Crippen LogP contribution >= 0.6 is 11.6 Å². The Morgan fingerprint density at radius 3 is 2.23 bits per heavy atom. The minimum Gasteiger partial charge on any atom is -0.354 e. The van der Waals surface area contributed by atoms with Gasteiger partial charge >= 0.3 is 0 Å². The van der Waals surface area contributed by atoms with E-state index in [1.807, 2.05) is 13.8 Å². The molecular formula is C30H35ClFN3O4S. The minimum atomic E-state index is -4.22. The van der Waals surface area contributed by atoms with Crippen LogP contribution in [0.2, 0.25) is 5.02 Å². The number of nitrogens with zero attached hydrogens (tertiary/aromatic N) is 2. The molecule has 0 saturated carbocycles. The predicted molar refractivity (Wildman–Crippen MR) is 156 cm³/mol. The van der Waals surface area contributed by atoms with Crippen LogP contribution in [-0.4, -0.2) is 44.3 Å². The molecule has 0 saturated heterocycles. The van der Waals surface area contributed by atoms with Crippen LogP contribution in [-0.2, 0) is 26.2 Å². The molecule has 1 N–H and O–H groups in total. The SMILES string of the molecule is CCCCNC(=O)[C@@H](CC)N(Cc1ccc(F)cc1)C(=O)CN(c1ccccc1Cl)S(=O)(=O)c1ccc(C)cc1. The van der Waals surface area contributed by atoms with E-state index in [-0.39, 0.29) is 28.1 Å². The number of benzene rings is 3. The zero-order valence-electron chi connectivity index (χ0n) is 22.9. The van der Waals surface area contributed by atoms with Gasteiger partial charge < -0.3 is 10.2 Å². The number of anilines is 1. The van der Waals surface area contributed by atoms with Crippen molar-refractivity contribution in [3.63, 3.8) is 0 Å². The molecule has 40 heavy (non-hydrogen) atoms. The molecule has 0 spiro atoms. The van der Waals surface area contributed by atoms with Gasteiger partial charge in [0.2, 0.25) is 11.8 Å². The van der Waals surface area contributed by atoms with E-state index in [0.717, 1.165) is 22.7 Å². The molecular weight excluding hydrogens is 553 g/mol. The lowest BCUT2D eigenvalue weighted by molar-refractivity contribution is -0.140. The number of hydrogen-bond acceptors (Lipinski definition) is 4. The van der Waals surface area contributed by atoms with E-state index in [1.165, 1.54) is 47.4 Å². The lowest BCUT2D eigenvalue weighted by atomic mass is 10.1. The highest BCUT2D eigenvalue weighted by molar-refractivity contribution is 7.92. The van der Waals surface area contributed by atoms with Crippen molar-refractivity contribution in [3.8, 4) is 0 Å². The highest BCUT2D eigenvalue weighted by Crippen LogP contribution is 2.31. The number of sulfonamides is 1. The first-order chi connectivity index (χ1) is 19.1. The van der Waals surface area contributed by atoms with Gasteiger partial charge in [0, 0.05) is 13.1 Å². The molecule has 0 aliphatic heterocycles. The fraction of sp³-hybridized carbons (Fsp3) is 0.333. The Morgan fingerprint density at radius 1 is 0.975 bits per heavy atom. The van der Waals surface area contributed by atoms with Crippen LogP contribution in [0.15, 0.2) is 77.7 Å². The van der Waals surface area contributed by atoms with Crippen LogP contribution in [0.4, 0.5) is 10.1 Å². The first kappa shape index (κ1) is 31.1. The van der Waals surface area contributed by atoms with Gasteiger partial charge in [-0.2, -0.15) is 0 Å². The first-order valence-electron chi connectivity index (χ1n) is 13.2. The predicted octanol–water partition coefficient (Wildman–Crippen LogP) is 5.71. The summed E-state index contributed by atoms with van der Waals surface area (Å²) in [6, 6.07) is 17.4. The van der Waals surface area contributed by atoms with Crippen molar-refractivity contribution in [1.29, 1.82) is 0 Å². The Bertz CT molecular complexity index is 1400. The average Bonchev–Trinajstić information content (AvgIpc) is 2.93. The van der Waals surface area contributed by atoms with E-state index in [2.05, 4.69) is 5.32 Å². The molecule has 0 aromatic heterocycles. The van der Waals surface area contributed by atoms with Gasteiger partial charge in [-0.1, -0.05) is 73.8 Å². The summed E-state index contributed by atoms with van der Waals surface area (Å²) >= 11 is 6.43. The molecule has 0 bridgehead atoms. The van der Waals surface area contributed by atoms with Gasteiger partial charge in [0.05, 0.1) is 15.6 Å². The van der Waals surface area contributed by atoms with Gasteiger partial charge in [-0.25, -0.2) is 12.8 Å². The maximum absolute atomic E-state index is 14.0. The third-order valence-corrected chi connectivity index (χ3v) is 8.58. The molecule has 7 nitrogen and oxygen atoms in total. The van der Waals surface area contributed by atoms with Crippen LogP contribution in [0.1, 0.15) is 44.2 Å². The van der Waals surface area contributed by atoms with Crippen LogP contribution < -0.4 is 9.62 Å². The maximum Gasteiger partial charge on any atom is 0.264 e. The van der Waals surface area contributed by atoms with Crippen molar-refractivity contribution in [1.82, 2.24) is 10.2 Å². The Labute approximate surface area is 241 Å². The van der Waals surface area contributed by atoms with E-state index >= 15 is 0 Å². The largest absolute Gasteiger partial charge is 0.354 e. The second kappa shape index (κ2) is 14.3. The van der Waals surface area contributed by atoms with Crippen molar-refractivity contribution >= 4 is 39.1 Å². The quantitative estimate of drug-likeness (QED) is 0.260. The van der Waals surface area contributed by atoms with Gasteiger partial charge in [0.15, 0.2) is 0 Å². The molecule has 3 aromatic carbocycles. The summed E-state index contributed by atoms with van der Waals surface area (Å²) in [4.78, 5) is 28.5. The summed E-state index contributed by atoms with van der Waals surface area (Å²) in [6.07, 6.45) is 1.96. The standard InChI is InChI=1S/C30H35ClFN3O4S/c1-4-6-19-33-30(37)27(5-2)34(20-23-13-15-24(32)16-14-23)29(36)21-35(28-10-8-7-9-26(28)31)40(38,39)25-17-11-22(3)12-18-25/h7-18,27H,4-6,19-21H2,1-3H3,(H,33,37)/t27-/m1/s1. The Morgan fingerprint density at radius 2 is 1.62 bits per heavy atom. The summed E-state index contributed by atoms with van der Waals surface area (Å²) in [5, 5.41) is 3.03. The van der Waals surface area contributed by atoms with Crippen LogP contribution in [0.25, 0.3) is 0 Å². The second-order valence-electron chi connectivity index (χ2n) is 9.49. The molecule has 0 fully saturated rings. The number of carbonyl (C=O) groups excluding carboxylic acids is 2. The number of nitrogens with one attached hydrogen (secondary N) is 1. The first-order valence-corrected chi connectivity index (χ1v) is 15.1. The topological polar surface area (TPSA) is 86.8 Å². The van der Waals surface area contributed by atoms with Gasteiger partial charge in [-0.15, -0.1) is 0 Å². The Kier molecular flexibility index (Phi) is 11.1. The third kappa shape index (κ3) is 7.82. The van der Waals surface area contributed by atoms with Crippen molar-refractivity contribution in [3.05, 3.63) is 94.8 Å². The molecule has 1 atom stereocenters. The molecule has 0 aliphatic rings. The van der Waals surface area contributed by atoms with Gasteiger partial charge in [0.25, 0.3) is 10.0 Å². The molecule has 214 valence electrons. The second-order valence-corrected chi connectivity index (χ2v) is 11.8. The summed E-state index contributed by atoms with van der Waals surface area (Å²) in [5.41, 5.74) is 1.62. The number of amides is 2. The molecule has 3 rings (SSSR count). The summed E-state index contributed by atoms with van der Waals surface area (Å²) in [6.45, 7) is 5.47. The van der Waals surface area contributed by atoms with Gasteiger partial charge in [-0.05, 0) is 61.7 Å². The fourth-order valence-electron chi connectivity index (χ4n) is 4.22. The van der Waals surface area contributed by atoms with Crippen molar-refractivity contribution < 1.29 is 22.4 Å². The normalized spacial score (nSPS) is 12.0. The van der Waals surface area contributed by atoms with E-state index in [1.54, 1.807) is 37.3 Å². The number of rotatable bonds is 13. The Hall–Kier alpha value is -3.43. The van der Waals surface area contributed by atoms with Crippen LogP contribution in [0.5, 0.6) is 0 Å². The third-order valence-electron chi connectivity index (χ3n) is 6.49. The van der Waals surface area contributed by atoms with E-state index in [0.29, 0.717) is 18.5 Å². The van der Waals surface area contributed by atoms with E-state index in [9.17, 15) is 22.4 Å². The van der Waals surface area contributed by atoms with E-state index in [4.69, 9.17) is 11.6 Å². The summed E-state index contributed by atoms with van der Waals surface area (Å²) in [7, 11) is -4.22. The van der Waals surface area contributed by atoms with Gasteiger partial charge in [0.1, 0.15) is 18.4 Å². The summed E-state index contributed by atoms with van der Waals surface area (Å²) in [5.74, 6) is -1.37. The van der Waals surface area contributed by atoms with Crippen LogP contribution in [0, 0.1) is 12.7 Å². The molecule has 0 radical (unpaired) electrons. The molecule has 0 unspecified atom stereocenters. The lowest BCUT2D eigenvalue weighted by Crippen LogP contribution is -2.52. The number of halogens is 2. The zero-order chi connectivity index (χ0) is 29.3. The lowest BCUT2D eigenvalue weighted by Gasteiger charge is -2.33. The molecule has 2 amide bonds. The molecule has 0 aliphatic carbocycles. The monoisotopic (exact) mass is 587 g/mol. The highest BCUT2D eigenvalue weighted by atomic mass is 35.5. The Balaban J connectivity index is 2.04. The number of hydrogen-bond donors (Lipinski definition) is 1. The summed E-state index contributed by atoms with van der Waals surface area (Å²) < 4.78 is 42.3. The zero-order valence-corrected chi connectivity index (χ0v) is 24.5. The number of unbranched alkanes of at least 4 members (excludes halogenated alkanes) is 1. The molecule has 10 heteroatoms.